The van der Waals surface area contributed by atoms with E-state index in [0.717, 1.165) is 28.0 Å². The maximum absolute atomic E-state index is 13.0. The average molecular weight is 527 g/mol. The highest BCUT2D eigenvalue weighted by Crippen LogP contribution is 2.37. The molecule has 1 aliphatic heterocycles. The fourth-order valence-corrected chi connectivity index (χ4v) is 4.16. The molecule has 0 atom stereocenters. The van der Waals surface area contributed by atoms with E-state index in [0.29, 0.717) is 22.4 Å². The number of halogens is 4. The molecule has 0 spiro atoms. The van der Waals surface area contributed by atoms with Gasteiger partial charge >= 0.3 is 18.2 Å². The first-order chi connectivity index (χ1) is 16.7. The van der Waals surface area contributed by atoms with E-state index in [4.69, 9.17) is 21.1 Å². The van der Waals surface area contributed by atoms with Crippen LogP contribution in [0.3, 0.4) is 0 Å². The molecule has 7 nitrogen and oxygen atoms in total. The van der Waals surface area contributed by atoms with Crippen LogP contribution in [0.1, 0.15) is 43.0 Å². The van der Waals surface area contributed by atoms with Gasteiger partial charge in [0.1, 0.15) is 12.3 Å². The van der Waals surface area contributed by atoms with Gasteiger partial charge in [0, 0.05) is 5.69 Å². The summed E-state index contributed by atoms with van der Waals surface area (Å²) >= 11 is 5.78. The number of hydrogen-bond acceptors (Lipinski definition) is 5. The Morgan fingerprint density at radius 1 is 1.08 bits per heavy atom. The van der Waals surface area contributed by atoms with Crippen LogP contribution >= 0.6 is 11.6 Å². The van der Waals surface area contributed by atoms with E-state index in [1.807, 2.05) is 0 Å². The monoisotopic (exact) mass is 526 g/mol. The van der Waals surface area contributed by atoms with Crippen LogP contribution in [-0.2, 0) is 27.0 Å². The largest absolute Gasteiger partial charge is 0.476 e. The third-order valence-electron chi connectivity index (χ3n) is 5.61. The van der Waals surface area contributed by atoms with Gasteiger partial charge in [-0.3, -0.25) is 14.6 Å². The molecule has 3 amide bonds. The van der Waals surface area contributed by atoms with E-state index in [2.05, 4.69) is 0 Å². The Kier molecular flexibility index (Phi) is 7.59. The van der Waals surface area contributed by atoms with Crippen molar-refractivity contribution in [3.63, 3.8) is 0 Å². The highest BCUT2D eigenvalue weighted by molar-refractivity contribution is 6.32. The van der Waals surface area contributed by atoms with Crippen molar-refractivity contribution in [1.29, 1.82) is 0 Å². The quantitative estimate of drug-likeness (QED) is 0.343. The minimum atomic E-state index is -4.64. The molecule has 1 fully saturated rings. The van der Waals surface area contributed by atoms with E-state index in [-0.39, 0.29) is 25.4 Å². The molecular formula is C25H26ClF3N2O5. The number of rotatable bonds is 7. The molecule has 0 aromatic heterocycles. The van der Waals surface area contributed by atoms with Crippen molar-refractivity contribution in [1.82, 2.24) is 4.90 Å². The summed E-state index contributed by atoms with van der Waals surface area (Å²) in [6.45, 7) is 8.29. The first-order valence-corrected chi connectivity index (χ1v) is 11.5. The molecule has 1 heterocycles. The lowest BCUT2D eigenvalue weighted by Crippen LogP contribution is -2.40. The van der Waals surface area contributed by atoms with Gasteiger partial charge in [0.25, 0.3) is 5.91 Å². The van der Waals surface area contributed by atoms with E-state index in [9.17, 15) is 27.6 Å². The number of benzene rings is 2. The molecular weight excluding hydrogens is 501 g/mol. The van der Waals surface area contributed by atoms with Crippen molar-refractivity contribution in [3.8, 4) is 5.75 Å². The zero-order valence-corrected chi connectivity index (χ0v) is 21.2. The fraction of sp³-hybridized carbons (Fsp3) is 0.400. The molecule has 1 saturated heterocycles. The Morgan fingerprint density at radius 2 is 1.69 bits per heavy atom. The molecule has 11 heteroatoms. The van der Waals surface area contributed by atoms with Gasteiger partial charge in [-0.15, -0.1) is 0 Å². The zero-order valence-electron chi connectivity index (χ0n) is 20.5. The summed E-state index contributed by atoms with van der Waals surface area (Å²) in [6.07, 6.45) is -4.64. The number of carbonyl (C=O) groups excluding carboxylic acids is 3. The lowest BCUT2D eigenvalue weighted by Gasteiger charge is -2.26. The number of imide groups is 1. The average Bonchev–Trinajstić information content (AvgIpc) is 3.04. The first-order valence-electron chi connectivity index (χ1n) is 11.1. The van der Waals surface area contributed by atoms with Gasteiger partial charge in [-0.1, -0.05) is 23.7 Å². The van der Waals surface area contributed by atoms with Crippen LogP contribution in [0.5, 0.6) is 5.75 Å². The molecule has 36 heavy (non-hydrogen) atoms. The molecule has 194 valence electrons. The number of ether oxygens (including phenoxy) is 2. The highest BCUT2D eigenvalue weighted by atomic mass is 35.5. The van der Waals surface area contributed by atoms with Gasteiger partial charge in [-0.05, 0) is 69.5 Å². The third kappa shape index (κ3) is 5.59. The van der Waals surface area contributed by atoms with Gasteiger partial charge in [-0.2, -0.15) is 13.2 Å². The number of carbonyl (C=O) groups is 3. The maximum Gasteiger partial charge on any atom is 0.417 e. The number of aryl methyl sites for hydroxylation is 2. The molecule has 0 aliphatic carbocycles. The third-order valence-corrected chi connectivity index (χ3v) is 5.92. The molecule has 0 unspecified atom stereocenters. The van der Waals surface area contributed by atoms with Gasteiger partial charge in [-0.25, -0.2) is 9.59 Å². The van der Waals surface area contributed by atoms with Gasteiger partial charge in [0.15, 0.2) is 5.60 Å². The topological polar surface area (TPSA) is 76.2 Å². The number of alkyl halides is 3. The lowest BCUT2D eigenvalue weighted by molar-refractivity contribution is -0.158. The van der Waals surface area contributed by atoms with Crippen LogP contribution in [0.2, 0.25) is 5.02 Å². The summed E-state index contributed by atoms with van der Waals surface area (Å²) in [5, 5.41) is -0.564. The summed E-state index contributed by atoms with van der Waals surface area (Å²) in [6, 6.07) is 5.71. The van der Waals surface area contributed by atoms with E-state index in [1.54, 1.807) is 46.8 Å². The molecule has 1 aliphatic rings. The fourth-order valence-electron chi connectivity index (χ4n) is 3.88. The Hall–Kier alpha value is -3.27. The van der Waals surface area contributed by atoms with Crippen molar-refractivity contribution in [2.45, 2.75) is 52.9 Å². The van der Waals surface area contributed by atoms with Crippen molar-refractivity contribution in [2.24, 2.45) is 0 Å². The van der Waals surface area contributed by atoms with E-state index >= 15 is 0 Å². The van der Waals surface area contributed by atoms with Crippen LogP contribution in [0.15, 0.2) is 30.3 Å². The summed E-state index contributed by atoms with van der Waals surface area (Å²) < 4.78 is 50.0. The summed E-state index contributed by atoms with van der Waals surface area (Å²) in [5.41, 5.74) is -0.147. The number of urea groups is 1. The van der Waals surface area contributed by atoms with Crippen LogP contribution in [0, 0.1) is 13.8 Å². The highest BCUT2D eigenvalue weighted by Gasteiger charge is 2.39. The van der Waals surface area contributed by atoms with Crippen LogP contribution in [0.25, 0.3) is 0 Å². The molecule has 2 aromatic rings. The standard InChI is InChI=1S/C25H26ClF3N2O5/c1-6-35-22(33)24(4,5)36-21-14(2)9-16(10-15(21)3)12-31-20(32)13-30(23(31)34)17-7-8-18(19(26)11-17)25(27,28)29/h7-11H,6,12-13H2,1-5H3. The molecule has 0 radical (unpaired) electrons. The van der Waals surface area contributed by atoms with Crippen LogP contribution < -0.4 is 9.64 Å². The van der Waals surface area contributed by atoms with E-state index < -0.39 is 40.3 Å². The molecule has 0 saturated carbocycles. The Balaban J connectivity index is 1.80. The smallest absolute Gasteiger partial charge is 0.417 e. The molecule has 0 N–H and O–H groups in total. The normalized spacial score (nSPS) is 14.5. The number of esters is 1. The number of hydrogen-bond donors (Lipinski definition) is 0. The van der Waals surface area contributed by atoms with Crippen molar-refractivity contribution in [3.05, 3.63) is 57.6 Å². The summed E-state index contributed by atoms with van der Waals surface area (Å²) in [4.78, 5) is 39.9. The Bertz CT molecular complexity index is 1190. The molecule has 3 rings (SSSR count). The SMILES string of the molecule is CCOC(=O)C(C)(C)Oc1c(C)cc(CN2C(=O)CN(c3ccc(C(F)(F)F)c(Cl)c3)C2=O)cc1C. The lowest BCUT2D eigenvalue weighted by atomic mass is 10.0. The van der Waals surface area contributed by atoms with Gasteiger partial charge in [0.05, 0.1) is 23.7 Å². The second-order valence-corrected chi connectivity index (χ2v) is 9.31. The van der Waals surface area contributed by atoms with Crippen molar-refractivity contribution in [2.75, 3.05) is 18.1 Å². The summed E-state index contributed by atoms with van der Waals surface area (Å²) in [7, 11) is 0. The Labute approximate surface area is 211 Å². The minimum Gasteiger partial charge on any atom is -0.476 e. The second kappa shape index (κ2) is 10.0. The number of nitrogens with zero attached hydrogens (tertiary/aromatic N) is 2. The van der Waals surface area contributed by atoms with Crippen molar-refractivity contribution < 1.29 is 37.0 Å². The minimum absolute atomic E-state index is 0.0498. The number of amides is 3. The van der Waals surface area contributed by atoms with E-state index in [1.165, 1.54) is 0 Å². The van der Waals surface area contributed by atoms with Gasteiger partial charge in [0.2, 0.25) is 0 Å². The second-order valence-electron chi connectivity index (χ2n) is 8.90. The molecule has 2 aromatic carbocycles. The first kappa shape index (κ1) is 27.3. The predicted molar refractivity (Wildman–Crippen MR) is 127 cm³/mol. The van der Waals surface area contributed by atoms with Crippen LogP contribution in [0.4, 0.5) is 23.7 Å². The maximum atomic E-state index is 13.0. The zero-order chi connectivity index (χ0) is 27.0. The van der Waals surface area contributed by atoms with Gasteiger partial charge < -0.3 is 9.47 Å². The van der Waals surface area contributed by atoms with Crippen molar-refractivity contribution >= 4 is 35.2 Å². The number of anilines is 1. The predicted octanol–water partition coefficient (Wildman–Crippen LogP) is 5.66. The molecule has 0 bridgehead atoms. The Morgan fingerprint density at radius 3 is 2.22 bits per heavy atom. The summed E-state index contributed by atoms with van der Waals surface area (Å²) in [5.74, 6) is -0.531. The van der Waals surface area contributed by atoms with Crippen LogP contribution in [-0.4, -0.2) is 41.6 Å².